The molecule has 0 aliphatic heterocycles. The number of hydrogen-bond acceptors (Lipinski definition) is 4. The van der Waals surface area contributed by atoms with E-state index in [0.717, 1.165) is 11.1 Å². The fourth-order valence-electron chi connectivity index (χ4n) is 3.07. The van der Waals surface area contributed by atoms with Gasteiger partial charge in [0.05, 0.1) is 6.10 Å². The molecule has 0 bridgehead atoms. The fourth-order valence-corrected chi connectivity index (χ4v) is 3.07. The van der Waals surface area contributed by atoms with E-state index in [1.165, 1.54) is 0 Å². The summed E-state index contributed by atoms with van der Waals surface area (Å²) >= 11 is 0. The summed E-state index contributed by atoms with van der Waals surface area (Å²) in [5.74, 6) is -0.431. The average Bonchev–Trinajstić information content (AvgIpc) is 2.79. The second-order valence-corrected chi connectivity index (χ2v) is 7.16. The lowest BCUT2D eigenvalue weighted by Crippen LogP contribution is -2.29. The van der Waals surface area contributed by atoms with E-state index in [9.17, 15) is 14.7 Å². The normalized spacial score (nSPS) is 11.6. The Morgan fingerprint density at radius 1 is 1.03 bits per heavy atom. The second-order valence-electron chi connectivity index (χ2n) is 7.16. The fraction of sp³-hybridized carbons (Fsp3) is 0.208. The van der Waals surface area contributed by atoms with Crippen molar-refractivity contribution in [1.82, 2.24) is 9.88 Å². The van der Waals surface area contributed by atoms with Crippen LogP contribution >= 0.6 is 0 Å². The van der Waals surface area contributed by atoms with Crippen LogP contribution in [0.4, 0.5) is 5.69 Å². The third kappa shape index (κ3) is 5.30. The molecule has 3 aromatic rings. The molecule has 0 fully saturated rings. The first-order valence-electron chi connectivity index (χ1n) is 9.76. The van der Waals surface area contributed by atoms with Crippen LogP contribution in [0.25, 0.3) is 0 Å². The summed E-state index contributed by atoms with van der Waals surface area (Å²) in [6.07, 6.45) is 2.92. The van der Waals surface area contributed by atoms with Crippen molar-refractivity contribution in [3.8, 4) is 0 Å². The number of nitrogens with one attached hydrogen (secondary N) is 1. The Morgan fingerprint density at radius 2 is 1.73 bits per heavy atom. The van der Waals surface area contributed by atoms with Gasteiger partial charge in [-0.25, -0.2) is 0 Å². The number of aliphatic hydroxyl groups excluding tert-OH is 1. The van der Waals surface area contributed by atoms with E-state index in [1.54, 1.807) is 48.6 Å². The van der Waals surface area contributed by atoms with Gasteiger partial charge in [-0.2, -0.15) is 0 Å². The van der Waals surface area contributed by atoms with Crippen molar-refractivity contribution in [2.24, 2.45) is 0 Å². The van der Waals surface area contributed by atoms with E-state index < -0.39 is 6.10 Å². The molecule has 1 atom stereocenters. The minimum absolute atomic E-state index is 0.172. The molecular weight excluding hydrogens is 378 g/mol. The quantitative estimate of drug-likeness (QED) is 0.628. The first-order chi connectivity index (χ1) is 14.5. The van der Waals surface area contributed by atoms with Crippen molar-refractivity contribution < 1.29 is 14.7 Å². The van der Waals surface area contributed by atoms with Gasteiger partial charge in [-0.3, -0.25) is 14.6 Å². The zero-order chi connectivity index (χ0) is 21.5. The molecule has 0 radical (unpaired) electrons. The highest BCUT2D eigenvalue weighted by molar-refractivity contribution is 6.05. The van der Waals surface area contributed by atoms with Crippen LogP contribution in [-0.4, -0.2) is 40.4 Å². The average molecular weight is 403 g/mol. The molecule has 1 aromatic heterocycles. The number of carbonyl (C=O) groups excluding carboxylic acids is 2. The molecule has 2 aromatic carbocycles. The number of hydrogen-bond donors (Lipinski definition) is 2. The van der Waals surface area contributed by atoms with Crippen molar-refractivity contribution in [3.63, 3.8) is 0 Å². The minimum atomic E-state index is -0.630. The Labute approximate surface area is 176 Å². The summed E-state index contributed by atoms with van der Waals surface area (Å²) in [4.78, 5) is 30.8. The van der Waals surface area contributed by atoms with Gasteiger partial charge in [0, 0.05) is 42.8 Å². The van der Waals surface area contributed by atoms with E-state index in [2.05, 4.69) is 10.3 Å². The lowest BCUT2D eigenvalue weighted by molar-refractivity contribution is 0.0761. The summed E-state index contributed by atoms with van der Waals surface area (Å²) < 4.78 is 0. The van der Waals surface area contributed by atoms with Crippen LogP contribution < -0.4 is 5.32 Å². The van der Waals surface area contributed by atoms with E-state index in [0.29, 0.717) is 29.8 Å². The zero-order valence-electron chi connectivity index (χ0n) is 17.1. The Hall–Kier alpha value is -3.51. The van der Waals surface area contributed by atoms with E-state index in [4.69, 9.17) is 0 Å². The lowest BCUT2D eigenvalue weighted by Gasteiger charge is -2.20. The minimum Gasteiger partial charge on any atom is -0.388 e. The SMILES string of the molecule is Cc1ccc(C(=O)N(C)CCC(O)c2ccccc2)cc1NC(=O)c1ccncc1. The third-order valence-electron chi connectivity index (χ3n) is 4.94. The number of aryl methyl sites for hydroxylation is 1. The molecule has 0 aliphatic rings. The molecule has 3 rings (SSSR count). The Kier molecular flexibility index (Phi) is 6.93. The zero-order valence-corrected chi connectivity index (χ0v) is 17.1. The molecular formula is C24H25N3O3. The molecule has 6 heteroatoms. The van der Waals surface area contributed by atoms with Crippen molar-refractivity contribution in [2.75, 3.05) is 18.9 Å². The van der Waals surface area contributed by atoms with E-state index >= 15 is 0 Å². The van der Waals surface area contributed by atoms with Gasteiger partial charge in [-0.1, -0.05) is 36.4 Å². The standard InChI is InChI=1S/C24H25N3O3/c1-17-8-9-20(16-21(17)26-23(29)19-10-13-25-14-11-19)24(30)27(2)15-12-22(28)18-6-4-3-5-7-18/h3-11,13-14,16,22,28H,12,15H2,1-2H3,(H,26,29). The molecule has 0 saturated heterocycles. The van der Waals surface area contributed by atoms with Crippen LogP contribution in [0, 0.1) is 6.92 Å². The van der Waals surface area contributed by atoms with Crippen LogP contribution in [0.5, 0.6) is 0 Å². The number of nitrogens with zero attached hydrogens (tertiary/aromatic N) is 2. The number of aliphatic hydroxyl groups is 1. The summed E-state index contributed by atoms with van der Waals surface area (Å²) in [6, 6.07) is 17.9. The van der Waals surface area contributed by atoms with Gasteiger partial charge in [0.15, 0.2) is 0 Å². The molecule has 0 spiro atoms. The summed E-state index contributed by atoms with van der Waals surface area (Å²) in [7, 11) is 1.70. The summed E-state index contributed by atoms with van der Waals surface area (Å²) in [5, 5.41) is 13.2. The van der Waals surface area contributed by atoms with Gasteiger partial charge in [-0.15, -0.1) is 0 Å². The maximum Gasteiger partial charge on any atom is 0.255 e. The van der Waals surface area contributed by atoms with Crippen molar-refractivity contribution >= 4 is 17.5 Å². The summed E-state index contributed by atoms with van der Waals surface area (Å²) in [5.41, 5.74) is 3.24. The Bertz CT molecular complexity index is 1010. The molecule has 0 saturated carbocycles. The van der Waals surface area contributed by atoms with Gasteiger partial charge in [0.1, 0.15) is 0 Å². The maximum atomic E-state index is 12.8. The molecule has 6 nitrogen and oxygen atoms in total. The molecule has 0 aliphatic carbocycles. The van der Waals surface area contributed by atoms with Crippen molar-refractivity contribution in [3.05, 3.63) is 95.3 Å². The number of amides is 2. The molecule has 2 amide bonds. The topological polar surface area (TPSA) is 82.5 Å². The summed E-state index contributed by atoms with van der Waals surface area (Å²) in [6.45, 7) is 2.28. The van der Waals surface area contributed by atoms with Crippen molar-refractivity contribution in [2.45, 2.75) is 19.4 Å². The maximum absolute atomic E-state index is 12.8. The number of anilines is 1. The van der Waals surface area contributed by atoms with Crippen LogP contribution in [0.15, 0.2) is 73.1 Å². The molecule has 154 valence electrons. The predicted molar refractivity (Wildman–Crippen MR) is 116 cm³/mol. The number of pyridine rings is 1. The first kappa shape index (κ1) is 21.2. The van der Waals surface area contributed by atoms with Gasteiger partial charge in [-0.05, 0) is 48.7 Å². The first-order valence-corrected chi connectivity index (χ1v) is 9.76. The van der Waals surface area contributed by atoms with Crippen LogP contribution in [0.3, 0.4) is 0 Å². The highest BCUT2D eigenvalue weighted by atomic mass is 16.3. The van der Waals surface area contributed by atoms with E-state index in [-0.39, 0.29) is 11.8 Å². The monoisotopic (exact) mass is 403 g/mol. The van der Waals surface area contributed by atoms with E-state index in [1.807, 2.05) is 43.3 Å². The van der Waals surface area contributed by atoms with Crippen molar-refractivity contribution in [1.29, 1.82) is 0 Å². The highest BCUT2D eigenvalue weighted by Crippen LogP contribution is 2.20. The smallest absolute Gasteiger partial charge is 0.255 e. The largest absolute Gasteiger partial charge is 0.388 e. The van der Waals surface area contributed by atoms with Gasteiger partial charge < -0.3 is 15.3 Å². The van der Waals surface area contributed by atoms with Crippen LogP contribution in [-0.2, 0) is 0 Å². The van der Waals surface area contributed by atoms with Crippen LogP contribution in [0.1, 0.15) is 44.4 Å². The number of aromatic nitrogens is 1. The molecule has 1 heterocycles. The number of benzene rings is 2. The number of carbonyl (C=O) groups is 2. The van der Waals surface area contributed by atoms with Gasteiger partial charge >= 0.3 is 0 Å². The lowest BCUT2D eigenvalue weighted by atomic mass is 10.1. The van der Waals surface area contributed by atoms with Gasteiger partial charge in [0.25, 0.3) is 11.8 Å². The molecule has 2 N–H and O–H groups in total. The Morgan fingerprint density at radius 3 is 2.43 bits per heavy atom. The van der Waals surface area contributed by atoms with Crippen LogP contribution in [0.2, 0.25) is 0 Å². The predicted octanol–water partition coefficient (Wildman–Crippen LogP) is 3.84. The second kappa shape index (κ2) is 9.80. The number of rotatable bonds is 7. The highest BCUT2D eigenvalue weighted by Gasteiger charge is 2.16. The molecule has 1 unspecified atom stereocenters. The Balaban J connectivity index is 1.65. The molecule has 30 heavy (non-hydrogen) atoms. The van der Waals surface area contributed by atoms with Gasteiger partial charge in [0.2, 0.25) is 0 Å². The third-order valence-corrected chi connectivity index (χ3v) is 4.94.